The molecule has 0 aliphatic heterocycles. The Bertz CT molecular complexity index is 547. The third-order valence-corrected chi connectivity index (χ3v) is 3.92. The van der Waals surface area contributed by atoms with Gasteiger partial charge < -0.3 is 15.6 Å². The van der Waals surface area contributed by atoms with E-state index < -0.39 is 0 Å². The van der Waals surface area contributed by atoms with E-state index in [2.05, 4.69) is 11.9 Å². The summed E-state index contributed by atoms with van der Waals surface area (Å²) in [5.74, 6) is 0.615. The number of aryl methyl sites for hydroxylation is 2. The van der Waals surface area contributed by atoms with Gasteiger partial charge in [-0.15, -0.1) is 11.3 Å². The number of hydrogen-bond acceptors (Lipinski definition) is 5. The second-order valence-electron chi connectivity index (χ2n) is 4.37. The molecule has 0 bridgehead atoms. The molecule has 2 aromatic rings. The van der Waals surface area contributed by atoms with Crippen LogP contribution in [0.25, 0.3) is 0 Å². The van der Waals surface area contributed by atoms with Crippen LogP contribution in [-0.2, 0) is 6.42 Å². The van der Waals surface area contributed by atoms with Crippen molar-refractivity contribution in [3.05, 3.63) is 39.3 Å². The van der Waals surface area contributed by atoms with Gasteiger partial charge in [-0.2, -0.15) is 0 Å². The van der Waals surface area contributed by atoms with Crippen LogP contribution in [0.2, 0.25) is 0 Å². The van der Waals surface area contributed by atoms with Crippen LogP contribution >= 0.6 is 11.3 Å². The minimum Gasteiger partial charge on any atom is -0.489 e. The molecule has 0 saturated heterocycles. The zero-order chi connectivity index (χ0) is 13.8. The fourth-order valence-corrected chi connectivity index (χ4v) is 2.75. The Balaban J connectivity index is 2.11. The molecule has 0 aliphatic rings. The predicted molar refractivity (Wildman–Crippen MR) is 77.8 cm³/mol. The number of aromatic nitrogens is 1. The van der Waals surface area contributed by atoms with Crippen LogP contribution in [0.15, 0.2) is 18.2 Å². The fourth-order valence-electron chi connectivity index (χ4n) is 1.78. The molecule has 0 unspecified atom stereocenters. The summed E-state index contributed by atoms with van der Waals surface area (Å²) in [4.78, 5) is 5.78. The molecule has 0 atom stereocenters. The van der Waals surface area contributed by atoms with Crippen LogP contribution in [0.1, 0.15) is 21.1 Å². The maximum atomic E-state index is 8.72. The van der Waals surface area contributed by atoms with Gasteiger partial charge in [-0.25, -0.2) is 4.98 Å². The molecule has 102 valence electrons. The highest BCUT2D eigenvalue weighted by molar-refractivity contribution is 7.11. The summed E-state index contributed by atoms with van der Waals surface area (Å²) in [5, 5.41) is 9.82. The molecule has 3 N–H and O–H groups in total. The Morgan fingerprint density at radius 2 is 2.16 bits per heavy atom. The first kappa shape index (κ1) is 13.8. The average molecular weight is 278 g/mol. The third kappa shape index (κ3) is 3.45. The predicted octanol–water partition coefficient (Wildman–Crippen LogP) is 2.30. The lowest BCUT2D eigenvalue weighted by Gasteiger charge is -2.08. The molecular formula is C14H18N2O2S. The van der Waals surface area contributed by atoms with E-state index in [4.69, 9.17) is 15.6 Å². The molecule has 1 aromatic carbocycles. The number of thiazole rings is 1. The highest BCUT2D eigenvalue weighted by Crippen LogP contribution is 2.25. The first-order valence-electron chi connectivity index (χ1n) is 6.15. The number of hydrogen-bond donors (Lipinski definition) is 2. The number of aliphatic hydroxyl groups excluding tert-OH is 1. The standard InChI is InChI=1S/C14H18N2O2S/c1-9-10(2)19-14(16-9)8-11-3-4-13(12(15)7-11)18-6-5-17/h3-4,7,17H,5-6,8,15H2,1-2H3. The summed E-state index contributed by atoms with van der Waals surface area (Å²) in [6, 6.07) is 5.72. The SMILES string of the molecule is Cc1nc(Cc2ccc(OCCO)c(N)c2)sc1C. The molecule has 0 saturated carbocycles. The second kappa shape index (κ2) is 6.04. The fraction of sp³-hybridized carbons (Fsp3) is 0.357. The van der Waals surface area contributed by atoms with Gasteiger partial charge in [0.05, 0.1) is 23.0 Å². The van der Waals surface area contributed by atoms with Crippen LogP contribution in [-0.4, -0.2) is 23.3 Å². The number of rotatable bonds is 5. The van der Waals surface area contributed by atoms with E-state index in [-0.39, 0.29) is 13.2 Å². The smallest absolute Gasteiger partial charge is 0.142 e. The van der Waals surface area contributed by atoms with Gasteiger partial charge in [-0.1, -0.05) is 6.07 Å². The van der Waals surface area contributed by atoms with Gasteiger partial charge in [0, 0.05) is 11.3 Å². The van der Waals surface area contributed by atoms with Gasteiger partial charge >= 0.3 is 0 Å². The molecule has 5 heteroatoms. The topological polar surface area (TPSA) is 68.4 Å². The summed E-state index contributed by atoms with van der Waals surface area (Å²) in [6.07, 6.45) is 0.782. The number of anilines is 1. The Kier molecular flexibility index (Phi) is 4.39. The Morgan fingerprint density at radius 3 is 2.74 bits per heavy atom. The number of ether oxygens (including phenoxy) is 1. The molecule has 4 nitrogen and oxygen atoms in total. The van der Waals surface area contributed by atoms with Crippen LogP contribution < -0.4 is 10.5 Å². The van der Waals surface area contributed by atoms with Crippen molar-refractivity contribution >= 4 is 17.0 Å². The van der Waals surface area contributed by atoms with Gasteiger partial charge in [0.2, 0.25) is 0 Å². The maximum Gasteiger partial charge on any atom is 0.142 e. The van der Waals surface area contributed by atoms with Crippen LogP contribution in [0.3, 0.4) is 0 Å². The van der Waals surface area contributed by atoms with Crippen molar-refractivity contribution in [2.75, 3.05) is 18.9 Å². The molecule has 0 amide bonds. The molecule has 0 fully saturated rings. The molecular weight excluding hydrogens is 260 g/mol. The molecule has 1 heterocycles. The van der Waals surface area contributed by atoms with Crippen molar-refractivity contribution < 1.29 is 9.84 Å². The van der Waals surface area contributed by atoms with Crippen molar-refractivity contribution in [2.24, 2.45) is 0 Å². The Morgan fingerprint density at radius 1 is 1.37 bits per heavy atom. The molecule has 0 spiro atoms. The van der Waals surface area contributed by atoms with Gasteiger partial charge in [0.15, 0.2) is 0 Å². The van der Waals surface area contributed by atoms with E-state index in [1.165, 1.54) is 4.88 Å². The third-order valence-electron chi connectivity index (χ3n) is 2.85. The lowest BCUT2D eigenvalue weighted by Crippen LogP contribution is -2.04. The first-order chi connectivity index (χ1) is 9.10. The van der Waals surface area contributed by atoms with Crippen LogP contribution in [0, 0.1) is 13.8 Å². The van der Waals surface area contributed by atoms with Gasteiger partial charge in [-0.05, 0) is 31.5 Å². The Labute approximate surface area is 116 Å². The van der Waals surface area contributed by atoms with Gasteiger partial charge in [0.1, 0.15) is 12.4 Å². The largest absolute Gasteiger partial charge is 0.489 e. The van der Waals surface area contributed by atoms with E-state index in [0.29, 0.717) is 11.4 Å². The molecule has 0 aliphatic carbocycles. The van der Waals surface area contributed by atoms with Gasteiger partial charge in [-0.3, -0.25) is 0 Å². The molecule has 19 heavy (non-hydrogen) atoms. The first-order valence-corrected chi connectivity index (χ1v) is 6.96. The molecule has 1 aromatic heterocycles. The van der Waals surface area contributed by atoms with E-state index in [9.17, 15) is 0 Å². The number of nitrogens with two attached hydrogens (primary N) is 1. The second-order valence-corrected chi connectivity index (χ2v) is 5.66. The van der Waals surface area contributed by atoms with Crippen molar-refractivity contribution in [2.45, 2.75) is 20.3 Å². The monoisotopic (exact) mass is 278 g/mol. The zero-order valence-corrected chi connectivity index (χ0v) is 12.0. The van der Waals surface area contributed by atoms with E-state index in [1.807, 2.05) is 25.1 Å². The number of benzene rings is 1. The van der Waals surface area contributed by atoms with Crippen molar-refractivity contribution in [1.82, 2.24) is 4.98 Å². The lowest BCUT2D eigenvalue weighted by molar-refractivity contribution is 0.202. The van der Waals surface area contributed by atoms with Gasteiger partial charge in [0.25, 0.3) is 0 Å². The molecule has 2 rings (SSSR count). The quantitative estimate of drug-likeness (QED) is 0.824. The average Bonchev–Trinajstić information content (AvgIpc) is 2.67. The summed E-state index contributed by atoms with van der Waals surface area (Å²) in [7, 11) is 0. The van der Waals surface area contributed by atoms with E-state index in [1.54, 1.807) is 11.3 Å². The number of nitrogen functional groups attached to an aromatic ring is 1. The summed E-state index contributed by atoms with van der Waals surface area (Å²) in [6.45, 7) is 4.35. The van der Waals surface area contributed by atoms with E-state index >= 15 is 0 Å². The highest BCUT2D eigenvalue weighted by Gasteiger charge is 2.07. The van der Waals surface area contributed by atoms with Crippen molar-refractivity contribution in [3.8, 4) is 5.75 Å². The number of aliphatic hydroxyl groups is 1. The highest BCUT2D eigenvalue weighted by atomic mass is 32.1. The van der Waals surface area contributed by atoms with Crippen LogP contribution in [0.4, 0.5) is 5.69 Å². The minimum atomic E-state index is -0.0150. The summed E-state index contributed by atoms with van der Waals surface area (Å²) < 4.78 is 5.33. The Hall–Kier alpha value is -1.59. The van der Waals surface area contributed by atoms with Crippen molar-refractivity contribution in [3.63, 3.8) is 0 Å². The molecule has 0 radical (unpaired) electrons. The van der Waals surface area contributed by atoms with Crippen molar-refractivity contribution in [1.29, 1.82) is 0 Å². The number of nitrogens with zero attached hydrogens (tertiary/aromatic N) is 1. The minimum absolute atomic E-state index is 0.0150. The lowest BCUT2D eigenvalue weighted by atomic mass is 10.1. The zero-order valence-electron chi connectivity index (χ0n) is 11.1. The normalized spacial score (nSPS) is 10.7. The summed E-state index contributed by atoms with van der Waals surface area (Å²) >= 11 is 1.72. The maximum absolute atomic E-state index is 8.72. The van der Waals surface area contributed by atoms with Crippen LogP contribution in [0.5, 0.6) is 5.75 Å². The van der Waals surface area contributed by atoms with E-state index in [0.717, 1.165) is 22.7 Å². The summed E-state index contributed by atoms with van der Waals surface area (Å²) in [5.41, 5.74) is 8.73.